The van der Waals surface area contributed by atoms with E-state index >= 15 is 4.39 Å². The summed E-state index contributed by atoms with van der Waals surface area (Å²) in [7, 11) is -1.82. The number of benzene rings is 2. The number of hydrogen-bond donors (Lipinski definition) is 6. The van der Waals surface area contributed by atoms with Gasteiger partial charge in [-0.2, -0.15) is 0 Å². The number of aliphatic hydroxyl groups is 1. The van der Waals surface area contributed by atoms with Crippen LogP contribution in [0.1, 0.15) is 116 Å². The Bertz CT molecular complexity index is 3430. The van der Waals surface area contributed by atoms with E-state index in [1.807, 2.05) is 0 Å². The Morgan fingerprint density at radius 1 is 1.03 bits per heavy atom. The Kier molecular flexibility index (Phi) is 15.3. The van der Waals surface area contributed by atoms with Crippen LogP contribution in [0.5, 0.6) is 0 Å². The monoisotopic (exact) mass is 1050 g/mol. The molecule has 6 N–H and O–H groups in total. The van der Waals surface area contributed by atoms with Gasteiger partial charge in [-0.3, -0.25) is 24.1 Å². The lowest BCUT2D eigenvalue weighted by molar-refractivity contribution is -0.172. The molecule has 20 nitrogen and oxygen atoms in total. The zero-order valence-electron chi connectivity index (χ0n) is 42.5. The summed E-state index contributed by atoms with van der Waals surface area (Å²) in [6.07, 6.45) is 3.69. The van der Waals surface area contributed by atoms with Crippen molar-refractivity contribution in [1.82, 2.24) is 40.4 Å². The number of nitrogens with zero attached hydrogens (tertiary/aromatic N) is 5. The summed E-state index contributed by atoms with van der Waals surface area (Å²) in [6, 6.07) is 5.14. The van der Waals surface area contributed by atoms with E-state index in [0.29, 0.717) is 80.7 Å². The molecule has 0 saturated carbocycles. The Labute approximate surface area is 431 Å². The summed E-state index contributed by atoms with van der Waals surface area (Å²) >= 11 is 0. The van der Waals surface area contributed by atoms with Gasteiger partial charge in [-0.25, -0.2) is 37.3 Å². The molecule has 2 aromatic carbocycles. The van der Waals surface area contributed by atoms with E-state index in [9.17, 15) is 47.4 Å². The highest BCUT2D eigenvalue weighted by Gasteiger charge is 2.46. The maximum absolute atomic E-state index is 15.6. The van der Waals surface area contributed by atoms with Crippen LogP contribution in [0.2, 0.25) is 0 Å². The van der Waals surface area contributed by atoms with Crippen molar-refractivity contribution in [2.45, 2.75) is 128 Å². The molecular formula is C53H58FN9O11S. The normalized spacial score (nSPS) is 17.1. The molecule has 3 aliphatic rings. The molecule has 8 rings (SSSR count). The highest BCUT2D eigenvalue weighted by Crippen LogP contribution is 2.48. The molecule has 4 atom stereocenters. The minimum absolute atomic E-state index is 0.00276. The highest BCUT2D eigenvalue weighted by atomic mass is 32.2. The molecule has 5 heterocycles. The number of pyridine rings is 2. The van der Waals surface area contributed by atoms with E-state index in [1.165, 1.54) is 34.9 Å². The summed E-state index contributed by atoms with van der Waals surface area (Å²) in [6.45, 7) is 8.14. The second-order valence-electron chi connectivity index (χ2n) is 19.5. The Morgan fingerprint density at radius 3 is 2.43 bits per heavy atom. The zero-order chi connectivity index (χ0) is 54.3. The van der Waals surface area contributed by atoms with Gasteiger partial charge in [0, 0.05) is 72.8 Å². The summed E-state index contributed by atoms with van der Waals surface area (Å²) in [4.78, 5) is 94.4. The lowest BCUT2D eigenvalue weighted by Crippen LogP contribution is -2.53. The third-order valence-corrected chi connectivity index (χ3v) is 14.9. The number of carboxylic acid groups (broad SMARTS) is 1. The first-order valence-corrected chi connectivity index (χ1v) is 26.4. The van der Waals surface area contributed by atoms with Crippen LogP contribution in [-0.4, -0.2) is 98.2 Å². The van der Waals surface area contributed by atoms with Gasteiger partial charge in [-0.15, -0.1) is 0 Å². The van der Waals surface area contributed by atoms with E-state index in [0.717, 1.165) is 6.26 Å². The van der Waals surface area contributed by atoms with Crippen LogP contribution < -0.4 is 26.8 Å². The number of cyclic esters (lactones) is 1. The van der Waals surface area contributed by atoms with Gasteiger partial charge >= 0.3 is 12.1 Å². The van der Waals surface area contributed by atoms with Crippen LogP contribution in [0.25, 0.3) is 22.3 Å². The fourth-order valence-corrected chi connectivity index (χ4v) is 10.5. The fourth-order valence-electron chi connectivity index (χ4n) is 10.0. The molecule has 0 fully saturated rings. The number of ether oxygens (including phenoxy) is 1. The highest BCUT2D eigenvalue weighted by molar-refractivity contribution is 7.90. The number of anilines is 1. The molecule has 75 heavy (non-hydrogen) atoms. The predicted molar refractivity (Wildman–Crippen MR) is 272 cm³/mol. The molecule has 0 unspecified atom stereocenters. The Balaban J connectivity index is 0.977. The van der Waals surface area contributed by atoms with Crippen molar-refractivity contribution in [3.05, 3.63) is 109 Å². The molecule has 394 valence electrons. The fraction of sp³-hybridized carbons (Fsp3) is 0.415. The first-order chi connectivity index (χ1) is 35.6. The number of fused-ring (bicyclic) bond motifs is 5. The molecule has 5 aromatic rings. The maximum Gasteiger partial charge on any atom is 0.408 e. The minimum atomic E-state index is -3.54. The van der Waals surface area contributed by atoms with E-state index in [-0.39, 0.29) is 79.1 Å². The van der Waals surface area contributed by atoms with Gasteiger partial charge in [0.2, 0.25) is 32.7 Å². The number of hydrogen-bond acceptors (Lipinski definition) is 14. The lowest BCUT2D eigenvalue weighted by Gasteiger charge is -2.36. The van der Waals surface area contributed by atoms with Crippen LogP contribution in [-0.2, 0) is 72.0 Å². The number of esters is 1. The summed E-state index contributed by atoms with van der Waals surface area (Å²) < 4.78 is 45.5. The Hall–Kier alpha value is -7.61. The third-order valence-electron chi connectivity index (χ3n) is 14.1. The Morgan fingerprint density at radius 2 is 1.76 bits per heavy atom. The van der Waals surface area contributed by atoms with Gasteiger partial charge < -0.3 is 40.8 Å². The standard InChI is InChI=1S/C53H58FN9O11S/c1-8-53(71)37-19-41-46-35(25-62(41)49(67)36(37)26-74-50(53)68)44-40(17-16-34-28(4)38(54)20-39(60-46)43(34)44)63(52(69)70)24-31-14-15-33(18-32(31)23-55-6)59-47(65)29(5)58-48(66)45(27(2)3)61-42(64)13-11-9-10-12-30-21-56-51(57-22-30)75(7,72)73/h14-15,18-22,27,29,40,45,55,71H,8-9,11,13,16-17,23-26H2,1-7H3,(H,58,66)(H,59,65)(H,61,64)(H,69,70)/t29-,40-,45-,53-/m0/s1. The molecule has 0 bridgehead atoms. The molecular weight excluding hydrogens is 990 g/mol. The number of nitrogens with one attached hydrogen (secondary N) is 4. The molecule has 22 heteroatoms. The van der Waals surface area contributed by atoms with Crippen molar-refractivity contribution in [3.63, 3.8) is 0 Å². The van der Waals surface area contributed by atoms with Crippen LogP contribution in [0.15, 0.2) is 52.7 Å². The van der Waals surface area contributed by atoms with Crippen molar-refractivity contribution in [3.8, 4) is 23.2 Å². The number of halogens is 1. The average molecular weight is 1050 g/mol. The average Bonchev–Trinajstić information content (AvgIpc) is 3.74. The molecule has 0 radical (unpaired) electrons. The topological polar surface area (TPSA) is 281 Å². The number of aromatic nitrogens is 4. The molecule has 4 amide bonds. The van der Waals surface area contributed by atoms with E-state index in [1.54, 1.807) is 59.0 Å². The van der Waals surface area contributed by atoms with Gasteiger partial charge in [-0.1, -0.05) is 38.7 Å². The number of unbranched alkanes of at least 4 members (excludes halogenated alkanes) is 1. The predicted octanol–water partition coefficient (Wildman–Crippen LogP) is 4.41. The molecule has 1 aliphatic carbocycles. The summed E-state index contributed by atoms with van der Waals surface area (Å²) in [5.41, 5.74) is 2.89. The SMILES string of the molecule is CC[C@@]1(O)C(=O)OCc2c1cc1n(c2=O)Cc2c-1nc1cc(F)c(C)c3c1c2[C@@H](N(Cc1ccc(NC(=O)[C@H](C)NC(=O)[C@@H](NC(=O)CCCC#Cc2cnc(S(C)(=O)=O)nc2)C(C)C)cc1CNC)C(=O)O)CC3. The van der Waals surface area contributed by atoms with Crippen LogP contribution in [0, 0.1) is 30.5 Å². The number of aryl methyl sites for hydroxylation is 1. The number of carbonyl (C=O) groups is 5. The van der Waals surface area contributed by atoms with E-state index < -0.39 is 68.8 Å². The zero-order valence-corrected chi connectivity index (χ0v) is 43.3. The number of amides is 4. The maximum atomic E-state index is 15.6. The first kappa shape index (κ1) is 53.7. The van der Waals surface area contributed by atoms with Crippen LogP contribution in [0.4, 0.5) is 14.9 Å². The molecule has 0 saturated heterocycles. The second-order valence-corrected chi connectivity index (χ2v) is 21.4. The van der Waals surface area contributed by atoms with Crippen molar-refractivity contribution in [2.24, 2.45) is 5.92 Å². The molecule has 3 aromatic heterocycles. The summed E-state index contributed by atoms with van der Waals surface area (Å²) in [5, 5.41) is 34.2. The van der Waals surface area contributed by atoms with Crippen molar-refractivity contribution in [1.29, 1.82) is 0 Å². The largest absolute Gasteiger partial charge is 0.465 e. The van der Waals surface area contributed by atoms with Crippen molar-refractivity contribution >= 4 is 56.2 Å². The quantitative estimate of drug-likeness (QED) is 0.0339. The van der Waals surface area contributed by atoms with Crippen LogP contribution >= 0.6 is 0 Å². The van der Waals surface area contributed by atoms with E-state index in [2.05, 4.69) is 43.1 Å². The summed E-state index contributed by atoms with van der Waals surface area (Å²) in [5.74, 6) is 2.52. The lowest BCUT2D eigenvalue weighted by atomic mass is 9.81. The third kappa shape index (κ3) is 10.6. The van der Waals surface area contributed by atoms with Crippen molar-refractivity contribution < 1.29 is 51.7 Å². The number of sulfone groups is 1. The first-order valence-electron chi connectivity index (χ1n) is 24.5. The van der Waals surface area contributed by atoms with Gasteiger partial charge in [0.1, 0.15) is 24.5 Å². The number of carbonyl (C=O) groups excluding carboxylic acids is 4. The second kappa shape index (κ2) is 21.3. The van der Waals surface area contributed by atoms with Gasteiger partial charge in [0.25, 0.3) is 5.56 Å². The van der Waals surface area contributed by atoms with Gasteiger partial charge in [-0.05, 0) is 98.5 Å². The molecule has 0 spiro atoms. The molecule has 2 aliphatic heterocycles. The van der Waals surface area contributed by atoms with Gasteiger partial charge in [0.05, 0.1) is 40.6 Å². The smallest absolute Gasteiger partial charge is 0.408 e. The van der Waals surface area contributed by atoms with Crippen LogP contribution in [0.3, 0.4) is 0 Å². The minimum Gasteiger partial charge on any atom is -0.465 e. The van der Waals surface area contributed by atoms with E-state index in [4.69, 9.17) is 9.72 Å². The number of rotatable bonds is 16. The van der Waals surface area contributed by atoms with Crippen molar-refractivity contribution in [2.75, 3.05) is 18.6 Å². The van der Waals surface area contributed by atoms with Gasteiger partial charge in [0.15, 0.2) is 5.60 Å².